The molecule has 0 unspecified atom stereocenters. The second kappa shape index (κ2) is 7.57. The molecule has 1 saturated heterocycles. The molecular weight excluding hydrogens is 294 g/mol. The standard InChI is InChI=1S/C17H23N3O3/c1-2-20-16-8-4-3-7-14(16)15(19-20)10-18-17(21)12-22-11-13-6-5-9-23-13/h3-4,7-8,13H,2,5-6,9-12H2,1H3,(H,18,21)/t13-/m0/s1. The van der Waals surface area contributed by atoms with Crippen LogP contribution in [0.5, 0.6) is 0 Å². The molecule has 0 radical (unpaired) electrons. The third-order valence-corrected chi connectivity index (χ3v) is 4.05. The lowest BCUT2D eigenvalue weighted by Crippen LogP contribution is -2.29. The Hall–Kier alpha value is -1.92. The summed E-state index contributed by atoms with van der Waals surface area (Å²) in [5.74, 6) is -0.127. The summed E-state index contributed by atoms with van der Waals surface area (Å²) in [4.78, 5) is 11.9. The van der Waals surface area contributed by atoms with Crippen LogP contribution in [0.15, 0.2) is 24.3 Å². The predicted molar refractivity (Wildman–Crippen MR) is 87.0 cm³/mol. The maximum Gasteiger partial charge on any atom is 0.246 e. The van der Waals surface area contributed by atoms with E-state index in [1.165, 1.54) is 0 Å². The Balaban J connectivity index is 1.50. The van der Waals surface area contributed by atoms with E-state index in [1.54, 1.807) is 0 Å². The largest absolute Gasteiger partial charge is 0.376 e. The van der Waals surface area contributed by atoms with Gasteiger partial charge in [-0.2, -0.15) is 5.10 Å². The van der Waals surface area contributed by atoms with Crippen molar-refractivity contribution in [3.8, 4) is 0 Å². The van der Waals surface area contributed by atoms with Crippen LogP contribution < -0.4 is 5.32 Å². The zero-order valence-electron chi connectivity index (χ0n) is 13.5. The molecule has 1 aliphatic rings. The van der Waals surface area contributed by atoms with E-state index in [1.807, 2.05) is 28.9 Å². The number of rotatable bonds is 7. The number of carbonyl (C=O) groups excluding carboxylic acids is 1. The van der Waals surface area contributed by atoms with Crippen molar-refractivity contribution in [2.45, 2.75) is 39.0 Å². The first-order valence-corrected chi connectivity index (χ1v) is 8.18. The summed E-state index contributed by atoms with van der Waals surface area (Å²) in [6.07, 6.45) is 2.24. The molecule has 1 fully saturated rings. The maximum absolute atomic E-state index is 11.9. The minimum absolute atomic E-state index is 0.0618. The van der Waals surface area contributed by atoms with Gasteiger partial charge in [0.2, 0.25) is 5.91 Å². The SMILES string of the molecule is CCn1nc(CNC(=O)COC[C@@H]2CCCO2)c2ccccc21. The lowest BCUT2D eigenvalue weighted by Gasteiger charge is -2.09. The van der Waals surface area contributed by atoms with E-state index in [2.05, 4.69) is 17.3 Å². The van der Waals surface area contributed by atoms with E-state index < -0.39 is 0 Å². The van der Waals surface area contributed by atoms with Gasteiger partial charge >= 0.3 is 0 Å². The molecule has 0 spiro atoms. The lowest BCUT2D eigenvalue weighted by atomic mass is 10.2. The van der Waals surface area contributed by atoms with Gasteiger partial charge < -0.3 is 14.8 Å². The summed E-state index contributed by atoms with van der Waals surface area (Å²) < 4.78 is 12.8. The molecule has 1 amide bonds. The smallest absolute Gasteiger partial charge is 0.246 e. The van der Waals surface area contributed by atoms with Crippen LogP contribution in [-0.4, -0.2) is 41.6 Å². The highest BCUT2D eigenvalue weighted by atomic mass is 16.5. The van der Waals surface area contributed by atoms with Crippen molar-refractivity contribution in [3.05, 3.63) is 30.0 Å². The predicted octanol–water partition coefficient (Wildman–Crippen LogP) is 1.87. The molecule has 23 heavy (non-hydrogen) atoms. The fraction of sp³-hybridized carbons (Fsp3) is 0.529. The molecule has 6 heteroatoms. The van der Waals surface area contributed by atoms with Crippen LogP contribution >= 0.6 is 0 Å². The first-order valence-electron chi connectivity index (χ1n) is 8.18. The minimum Gasteiger partial charge on any atom is -0.376 e. The Morgan fingerprint density at radius 1 is 1.48 bits per heavy atom. The lowest BCUT2D eigenvalue weighted by molar-refractivity contribution is -0.127. The number of aromatic nitrogens is 2. The Bertz CT molecular complexity index is 662. The summed E-state index contributed by atoms with van der Waals surface area (Å²) in [5.41, 5.74) is 1.98. The summed E-state index contributed by atoms with van der Waals surface area (Å²) in [5, 5.41) is 8.52. The van der Waals surface area contributed by atoms with Crippen LogP contribution in [0, 0.1) is 0 Å². The number of hydrogen-bond donors (Lipinski definition) is 1. The highest BCUT2D eigenvalue weighted by molar-refractivity contribution is 5.83. The van der Waals surface area contributed by atoms with Crippen molar-refractivity contribution >= 4 is 16.8 Å². The van der Waals surface area contributed by atoms with E-state index in [0.717, 1.165) is 42.6 Å². The van der Waals surface area contributed by atoms with Crippen molar-refractivity contribution in [2.24, 2.45) is 0 Å². The summed E-state index contributed by atoms with van der Waals surface area (Å²) >= 11 is 0. The van der Waals surface area contributed by atoms with Crippen LogP contribution in [0.25, 0.3) is 10.9 Å². The number of aryl methyl sites for hydroxylation is 1. The fourth-order valence-electron chi connectivity index (χ4n) is 2.86. The van der Waals surface area contributed by atoms with Gasteiger partial charge in [0.1, 0.15) is 6.61 Å². The van der Waals surface area contributed by atoms with Crippen molar-refractivity contribution in [1.82, 2.24) is 15.1 Å². The molecular formula is C17H23N3O3. The molecule has 6 nitrogen and oxygen atoms in total. The minimum atomic E-state index is -0.127. The topological polar surface area (TPSA) is 65.4 Å². The number of benzene rings is 1. The zero-order valence-corrected chi connectivity index (χ0v) is 13.5. The number of para-hydroxylation sites is 1. The van der Waals surface area contributed by atoms with Crippen LogP contribution in [-0.2, 0) is 27.4 Å². The number of ether oxygens (including phenoxy) is 2. The van der Waals surface area contributed by atoms with Gasteiger partial charge in [-0.25, -0.2) is 0 Å². The number of amides is 1. The van der Waals surface area contributed by atoms with E-state index in [9.17, 15) is 4.79 Å². The monoisotopic (exact) mass is 317 g/mol. The fourth-order valence-corrected chi connectivity index (χ4v) is 2.86. The number of fused-ring (bicyclic) bond motifs is 1. The van der Waals surface area contributed by atoms with Gasteiger partial charge in [0.25, 0.3) is 0 Å². The van der Waals surface area contributed by atoms with Gasteiger partial charge in [0.05, 0.1) is 30.5 Å². The van der Waals surface area contributed by atoms with Crippen LogP contribution in [0.1, 0.15) is 25.5 Å². The van der Waals surface area contributed by atoms with Gasteiger partial charge in [0, 0.05) is 18.5 Å². The molecule has 0 aliphatic carbocycles. The molecule has 1 N–H and O–H groups in total. The van der Waals surface area contributed by atoms with E-state index in [4.69, 9.17) is 9.47 Å². The second-order valence-corrected chi connectivity index (χ2v) is 5.71. The highest BCUT2D eigenvalue weighted by Crippen LogP contribution is 2.18. The summed E-state index contributed by atoms with van der Waals surface area (Å²) in [6, 6.07) is 8.06. The van der Waals surface area contributed by atoms with Crippen molar-refractivity contribution in [3.63, 3.8) is 0 Å². The van der Waals surface area contributed by atoms with E-state index in [0.29, 0.717) is 13.2 Å². The molecule has 3 rings (SSSR count). The molecule has 2 heterocycles. The number of nitrogens with one attached hydrogen (secondary N) is 1. The first-order chi connectivity index (χ1) is 11.3. The molecule has 0 bridgehead atoms. The Kier molecular flexibility index (Phi) is 5.25. The first kappa shape index (κ1) is 16.0. The molecule has 0 saturated carbocycles. The molecule has 1 atom stereocenters. The van der Waals surface area contributed by atoms with Crippen molar-refractivity contribution in [1.29, 1.82) is 0 Å². The third kappa shape index (κ3) is 3.89. The molecule has 1 aromatic carbocycles. The van der Waals surface area contributed by atoms with Crippen LogP contribution in [0.2, 0.25) is 0 Å². The number of carbonyl (C=O) groups is 1. The van der Waals surface area contributed by atoms with Gasteiger partial charge in [-0.15, -0.1) is 0 Å². The van der Waals surface area contributed by atoms with Crippen LogP contribution in [0.4, 0.5) is 0 Å². The van der Waals surface area contributed by atoms with Gasteiger partial charge in [-0.3, -0.25) is 9.48 Å². The van der Waals surface area contributed by atoms with E-state index in [-0.39, 0.29) is 18.6 Å². The average Bonchev–Trinajstić information content (AvgIpc) is 3.20. The van der Waals surface area contributed by atoms with Gasteiger partial charge in [-0.05, 0) is 25.8 Å². The van der Waals surface area contributed by atoms with Crippen LogP contribution in [0.3, 0.4) is 0 Å². The molecule has 1 aliphatic heterocycles. The Morgan fingerprint density at radius 2 is 2.35 bits per heavy atom. The van der Waals surface area contributed by atoms with Gasteiger partial charge in [-0.1, -0.05) is 18.2 Å². The molecule has 1 aromatic heterocycles. The quantitative estimate of drug-likeness (QED) is 0.846. The Morgan fingerprint density at radius 3 is 3.13 bits per heavy atom. The normalized spacial score (nSPS) is 17.7. The van der Waals surface area contributed by atoms with Gasteiger partial charge in [0.15, 0.2) is 0 Å². The molecule has 2 aromatic rings. The van der Waals surface area contributed by atoms with E-state index >= 15 is 0 Å². The zero-order chi connectivity index (χ0) is 16.1. The average molecular weight is 317 g/mol. The second-order valence-electron chi connectivity index (χ2n) is 5.71. The number of nitrogens with zero attached hydrogens (tertiary/aromatic N) is 2. The van der Waals surface area contributed by atoms with Crippen molar-refractivity contribution < 1.29 is 14.3 Å². The summed E-state index contributed by atoms with van der Waals surface area (Å²) in [7, 11) is 0. The highest BCUT2D eigenvalue weighted by Gasteiger charge is 2.16. The summed E-state index contributed by atoms with van der Waals surface area (Å²) in [6.45, 7) is 4.62. The Labute approximate surface area is 135 Å². The number of hydrogen-bond acceptors (Lipinski definition) is 4. The third-order valence-electron chi connectivity index (χ3n) is 4.05. The molecule has 124 valence electrons. The van der Waals surface area contributed by atoms with Crippen molar-refractivity contribution in [2.75, 3.05) is 19.8 Å². The maximum atomic E-state index is 11.9.